The Bertz CT molecular complexity index is 1150. The second kappa shape index (κ2) is 8.75. The van der Waals surface area contributed by atoms with E-state index in [0.29, 0.717) is 15.9 Å². The minimum Gasteiger partial charge on any atom is -0.320 e. The molecule has 0 saturated heterocycles. The molecule has 1 amide bonds. The molecule has 0 aliphatic carbocycles. The van der Waals surface area contributed by atoms with Crippen LogP contribution in [0.4, 0.5) is 14.5 Å². The number of nitrogens with one attached hydrogen (secondary N) is 1. The molecular weight excluding hydrogens is 420 g/mol. The summed E-state index contributed by atoms with van der Waals surface area (Å²) in [6.07, 6.45) is 1.54. The SMILES string of the molecule is C=CCn1c(SC(C)C(=O)Nc2c(F)cccc2F)nc2cc(Cl)ccc2c1=O. The molecule has 29 heavy (non-hydrogen) atoms. The van der Waals surface area contributed by atoms with E-state index in [2.05, 4.69) is 16.9 Å². The number of aromatic nitrogens is 2. The fraction of sp³-hybridized carbons (Fsp3) is 0.150. The molecule has 2 aromatic carbocycles. The van der Waals surface area contributed by atoms with Gasteiger partial charge in [-0.3, -0.25) is 14.2 Å². The number of thioether (sulfide) groups is 1. The van der Waals surface area contributed by atoms with Crippen molar-refractivity contribution in [3.63, 3.8) is 0 Å². The molecule has 1 unspecified atom stereocenters. The number of hydrogen-bond acceptors (Lipinski definition) is 4. The maximum atomic E-state index is 13.8. The molecule has 1 heterocycles. The molecule has 150 valence electrons. The minimum atomic E-state index is -0.877. The fourth-order valence-corrected chi connectivity index (χ4v) is 3.69. The largest absolute Gasteiger partial charge is 0.320 e. The maximum absolute atomic E-state index is 13.8. The van der Waals surface area contributed by atoms with Crippen molar-refractivity contribution in [1.82, 2.24) is 9.55 Å². The van der Waals surface area contributed by atoms with Crippen molar-refractivity contribution in [3.8, 4) is 0 Å². The number of amides is 1. The van der Waals surface area contributed by atoms with Gasteiger partial charge in [0.25, 0.3) is 5.56 Å². The lowest BCUT2D eigenvalue weighted by atomic mass is 10.2. The Kier molecular flexibility index (Phi) is 6.34. The summed E-state index contributed by atoms with van der Waals surface area (Å²) in [6.45, 7) is 5.37. The third-order valence-electron chi connectivity index (χ3n) is 4.06. The highest BCUT2D eigenvalue weighted by Gasteiger charge is 2.21. The lowest BCUT2D eigenvalue weighted by molar-refractivity contribution is -0.115. The minimum absolute atomic E-state index is 0.184. The van der Waals surface area contributed by atoms with Gasteiger partial charge in [0.05, 0.1) is 16.2 Å². The van der Waals surface area contributed by atoms with Crippen molar-refractivity contribution < 1.29 is 13.6 Å². The van der Waals surface area contributed by atoms with Gasteiger partial charge in [-0.05, 0) is 37.3 Å². The van der Waals surface area contributed by atoms with Crippen LogP contribution in [-0.2, 0) is 11.3 Å². The van der Waals surface area contributed by atoms with Crippen LogP contribution >= 0.6 is 23.4 Å². The third kappa shape index (κ3) is 4.49. The number of anilines is 1. The highest BCUT2D eigenvalue weighted by atomic mass is 35.5. The molecule has 0 saturated carbocycles. The molecule has 1 N–H and O–H groups in total. The average molecular weight is 436 g/mol. The lowest BCUT2D eigenvalue weighted by Crippen LogP contribution is -2.27. The number of carbonyl (C=O) groups excluding carboxylic acids is 1. The van der Waals surface area contributed by atoms with E-state index in [-0.39, 0.29) is 17.3 Å². The number of hydrogen-bond donors (Lipinski definition) is 1. The first-order valence-corrected chi connectivity index (χ1v) is 9.80. The molecule has 1 aromatic heterocycles. The Morgan fingerprint density at radius 2 is 2.03 bits per heavy atom. The van der Waals surface area contributed by atoms with Gasteiger partial charge in [-0.2, -0.15) is 0 Å². The van der Waals surface area contributed by atoms with Gasteiger partial charge in [0.2, 0.25) is 5.91 Å². The molecule has 1 atom stereocenters. The zero-order chi connectivity index (χ0) is 21.1. The van der Waals surface area contributed by atoms with E-state index in [4.69, 9.17) is 11.6 Å². The monoisotopic (exact) mass is 435 g/mol. The van der Waals surface area contributed by atoms with Gasteiger partial charge in [-0.25, -0.2) is 13.8 Å². The second-order valence-corrected chi connectivity index (χ2v) is 7.85. The number of rotatable bonds is 6. The molecular formula is C20H16ClF2N3O2S. The molecule has 0 spiro atoms. The predicted octanol–water partition coefficient (Wildman–Crippen LogP) is 4.63. The molecule has 0 aliphatic rings. The molecule has 3 aromatic rings. The highest BCUT2D eigenvalue weighted by Crippen LogP contribution is 2.26. The van der Waals surface area contributed by atoms with Crippen molar-refractivity contribution in [3.05, 3.63) is 76.1 Å². The Balaban J connectivity index is 1.93. The topological polar surface area (TPSA) is 64.0 Å². The van der Waals surface area contributed by atoms with E-state index in [1.807, 2.05) is 0 Å². The molecule has 3 rings (SSSR count). The first kappa shape index (κ1) is 21.0. The quantitative estimate of drug-likeness (QED) is 0.348. The summed E-state index contributed by atoms with van der Waals surface area (Å²) < 4.78 is 29.0. The summed E-state index contributed by atoms with van der Waals surface area (Å²) in [5.74, 6) is -2.39. The Morgan fingerprint density at radius 1 is 1.34 bits per heavy atom. The zero-order valence-corrected chi connectivity index (χ0v) is 16.9. The van der Waals surface area contributed by atoms with Gasteiger partial charge in [-0.15, -0.1) is 6.58 Å². The van der Waals surface area contributed by atoms with Crippen LogP contribution in [-0.4, -0.2) is 20.7 Å². The van der Waals surface area contributed by atoms with Crippen molar-refractivity contribution >= 4 is 45.9 Å². The molecule has 9 heteroatoms. The van der Waals surface area contributed by atoms with E-state index < -0.39 is 28.5 Å². The number of carbonyl (C=O) groups is 1. The van der Waals surface area contributed by atoms with Crippen LogP contribution in [0.3, 0.4) is 0 Å². The van der Waals surface area contributed by atoms with Crippen LogP contribution in [0, 0.1) is 11.6 Å². The van der Waals surface area contributed by atoms with Crippen molar-refractivity contribution in [2.75, 3.05) is 5.32 Å². The summed E-state index contributed by atoms with van der Waals surface area (Å²) in [5.41, 5.74) is -0.438. The summed E-state index contributed by atoms with van der Waals surface area (Å²) in [4.78, 5) is 29.7. The third-order valence-corrected chi connectivity index (χ3v) is 5.38. The van der Waals surface area contributed by atoms with Crippen molar-refractivity contribution in [2.45, 2.75) is 23.9 Å². The Morgan fingerprint density at radius 3 is 2.69 bits per heavy atom. The van der Waals surface area contributed by atoms with Crippen LogP contribution in [0.1, 0.15) is 6.92 Å². The molecule has 0 aliphatic heterocycles. The van der Waals surface area contributed by atoms with E-state index in [9.17, 15) is 18.4 Å². The molecule has 5 nitrogen and oxygen atoms in total. The number of nitrogens with zero attached hydrogens (tertiary/aromatic N) is 2. The number of halogens is 3. The van der Waals surface area contributed by atoms with Gasteiger partial charge in [0.1, 0.15) is 17.3 Å². The first-order valence-electron chi connectivity index (χ1n) is 8.54. The van der Waals surface area contributed by atoms with E-state index in [1.165, 1.54) is 16.7 Å². The number of para-hydroxylation sites is 1. The van der Waals surface area contributed by atoms with Crippen LogP contribution in [0.15, 0.2) is 59.0 Å². The average Bonchev–Trinajstić information content (AvgIpc) is 2.67. The van der Waals surface area contributed by atoms with Crippen LogP contribution in [0.5, 0.6) is 0 Å². The Hall–Kier alpha value is -2.71. The number of allylic oxidation sites excluding steroid dienone is 1. The van der Waals surface area contributed by atoms with Crippen LogP contribution in [0.25, 0.3) is 10.9 Å². The first-order chi connectivity index (χ1) is 13.8. The highest BCUT2D eigenvalue weighted by molar-refractivity contribution is 8.00. The number of fused-ring (bicyclic) bond motifs is 1. The smallest absolute Gasteiger partial charge is 0.262 e. The predicted molar refractivity (Wildman–Crippen MR) is 112 cm³/mol. The summed E-state index contributed by atoms with van der Waals surface area (Å²) in [6, 6.07) is 8.03. The van der Waals surface area contributed by atoms with E-state index >= 15 is 0 Å². The molecule has 0 radical (unpaired) electrons. The van der Waals surface area contributed by atoms with Gasteiger partial charge in [0.15, 0.2) is 5.16 Å². The van der Waals surface area contributed by atoms with E-state index in [1.54, 1.807) is 25.1 Å². The second-order valence-electron chi connectivity index (χ2n) is 6.11. The van der Waals surface area contributed by atoms with Gasteiger partial charge in [-0.1, -0.05) is 35.5 Å². The molecule has 0 fully saturated rings. The normalized spacial score (nSPS) is 12.0. The summed E-state index contributed by atoms with van der Waals surface area (Å²) >= 11 is 6.98. The summed E-state index contributed by atoms with van der Waals surface area (Å²) in [7, 11) is 0. The van der Waals surface area contributed by atoms with Gasteiger partial charge < -0.3 is 5.32 Å². The fourth-order valence-electron chi connectivity index (χ4n) is 2.61. The lowest BCUT2D eigenvalue weighted by Gasteiger charge is -2.16. The zero-order valence-electron chi connectivity index (χ0n) is 15.3. The van der Waals surface area contributed by atoms with Gasteiger partial charge in [0, 0.05) is 11.6 Å². The number of benzene rings is 2. The standard InChI is InChI=1S/C20H16ClF2N3O2S/c1-3-9-26-19(28)13-8-7-12(21)10-16(13)24-20(26)29-11(2)18(27)25-17-14(22)5-4-6-15(17)23/h3-8,10-11H,1,9H2,2H3,(H,25,27). The van der Waals surface area contributed by atoms with Crippen molar-refractivity contribution in [2.24, 2.45) is 0 Å². The Labute approximate surface area is 174 Å². The van der Waals surface area contributed by atoms with E-state index in [0.717, 1.165) is 23.9 Å². The van der Waals surface area contributed by atoms with Gasteiger partial charge >= 0.3 is 0 Å². The summed E-state index contributed by atoms with van der Waals surface area (Å²) in [5, 5.41) is 2.51. The van der Waals surface area contributed by atoms with Crippen LogP contribution in [0.2, 0.25) is 5.02 Å². The molecule has 0 bridgehead atoms. The van der Waals surface area contributed by atoms with Crippen molar-refractivity contribution in [1.29, 1.82) is 0 Å². The maximum Gasteiger partial charge on any atom is 0.262 e. The van der Waals surface area contributed by atoms with Crippen LogP contribution < -0.4 is 10.9 Å².